The Labute approximate surface area is 141 Å². The molecule has 4 N–H and O–H groups in total. The van der Waals surface area contributed by atoms with Crippen molar-refractivity contribution in [1.29, 1.82) is 0 Å². The van der Waals surface area contributed by atoms with E-state index in [1.165, 1.54) is 22.3 Å². The van der Waals surface area contributed by atoms with E-state index in [-0.39, 0.29) is 25.7 Å². The van der Waals surface area contributed by atoms with Crippen molar-refractivity contribution in [3.63, 3.8) is 0 Å². The first-order valence-electron chi connectivity index (χ1n) is 8.13. The number of carbonyl (C=O) groups is 1. The Morgan fingerprint density at radius 3 is 2.12 bits per heavy atom. The Morgan fingerprint density at radius 1 is 1.00 bits per heavy atom. The van der Waals surface area contributed by atoms with Crippen molar-refractivity contribution in [2.24, 2.45) is 11.5 Å². The van der Waals surface area contributed by atoms with Crippen LogP contribution in [-0.2, 0) is 14.3 Å². The summed E-state index contributed by atoms with van der Waals surface area (Å²) >= 11 is 0. The second-order valence-electron chi connectivity index (χ2n) is 5.74. The number of benzene rings is 2. The van der Waals surface area contributed by atoms with Crippen LogP contribution in [0, 0.1) is 0 Å². The number of fused-ring (bicyclic) bond motifs is 3. The van der Waals surface area contributed by atoms with Gasteiger partial charge in [-0.25, -0.2) is 4.79 Å². The standard InChI is InChI=1S/C19H22N2O3/c20-9-10-23-18(11-21)19(22)24-12-17-15-7-3-1-5-13(15)14-6-2-4-8-16(14)17/h1-8,17-18H,9-12,20-21H2. The van der Waals surface area contributed by atoms with Gasteiger partial charge in [-0.05, 0) is 22.3 Å². The number of carbonyl (C=O) groups excluding carboxylic acids is 1. The molecule has 1 aliphatic rings. The maximum atomic E-state index is 12.2. The van der Waals surface area contributed by atoms with Crippen molar-refractivity contribution in [1.82, 2.24) is 0 Å². The summed E-state index contributed by atoms with van der Waals surface area (Å²) in [6.07, 6.45) is -0.763. The minimum absolute atomic E-state index is 0.0364. The molecule has 1 atom stereocenters. The number of hydrogen-bond acceptors (Lipinski definition) is 5. The first-order chi connectivity index (χ1) is 11.8. The van der Waals surface area contributed by atoms with Gasteiger partial charge in [-0.3, -0.25) is 0 Å². The van der Waals surface area contributed by atoms with E-state index in [1.807, 2.05) is 24.3 Å². The highest BCUT2D eigenvalue weighted by Gasteiger charge is 2.30. The van der Waals surface area contributed by atoms with E-state index in [0.717, 1.165) is 0 Å². The molecule has 24 heavy (non-hydrogen) atoms. The molecule has 2 aromatic carbocycles. The quantitative estimate of drug-likeness (QED) is 0.755. The number of ether oxygens (including phenoxy) is 2. The summed E-state index contributed by atoms with van der Waals surface area (Å²) in [6, 6.07) is 16.4. The molecule has 5 nitrogen and oxygen atoms in total. The van der Waals surface area contributed by atoms with Crippen LogP contribution < -0.4 is 11.5 Å². The Balaban J connectivity index is 1.75. The molecule has 0 aromatic heterocycles. The summed E-state index contributed by atoms with van der Waals surface area (Å²) in [6.45, 7) is 0.977. The average molecular weight is 326 g/mol. The van der Waals surface area contributed by atoms with Crippen LogP contribution in [0.4, 0.5) is 0 Å². The molecule has 0 saturated heterocycles. The highest BCUT2D eigenvalue weighted by molar-refractivity contribution is 5.79. The van der Waals surface area contributed by atoms with E-state index in [4.69, 9.17) is 20.9 Å². The first kappa shape index (κ1) is 16.6. The molecule has 3 rings (SSSR count). The van der Waals surface area contributed by atoms with E-state index in [1.54, 1.807) is 0 Å². The van der Waals surface area contributed by atoms with Crippen LogP contribution in [0.1, 0.15) is 17.0 Å². The summed E-state index contributed by atoms with van der Waals surface area (Å²) in [7, 11) is 0. The Morgan fingerprint density at radius 2 is 1.58 bits per heavy atom. The van der Waals surface area contributed by atoms with Crippen molar-refractivity contribution >= 4 is 5.97 Å². The Bertz CT molecular complexity index is 672. The lowest BCUT2D eigenvalue weighted by molar-refractivity contribution is -0.156. The lowest BCUT2D eigenvalue weighted by atomic mass is 9.98. The smallest absolute Gasteiger partial charge is 0.336 e. The first-order valence-corrected chi connectivity index (χ1v) is 8.13. The maximum absolute atomic E-state index is 12.2. The number of hydrogen-bond donors (Lipinski definition) is 2. The average Bonchev–Trinajstić information content (AvgIpc) is 2.94. The van der Waals surface area contributed by atoms with Gasteiger partial charge in [-0.1, -0.05) is 48.5 Å². The van der Waals surface area contributed by atoms with Crippen molar-refractivity contribution in [2.75, 3.05) is 26.3 Å². The molecule has 0 aliphatic heterocycles. The number of nitrogens with two attached hydrogens (primary N) is 2. The molecule has 0 fully saturated rings. The van der Waals surface area contributed by atoms with Crippen LogP contribution in [0.3, 0.4) is 0 Å². The summed E-state index contributed by atoms with van der Waals surface area (Å²) in [5, 5.41) is 0. The van der Waals surface area contributed by atoms with E-state index in [2.05, 4.69) is 24.3 Å². The molecule has 0 saturated carbocycles. The topological polar surface area (TPSA) is 87.6 Å². The van der Waals surface area contributed by atoms with E-state index in [0.29, 0.717) is 6.54 Å². The van der Waals surface area contributed by atoms with Gasteiger partial charge < -0.3 is 20.9 Å². The molecule has 0 amide bonds. The van der Waals surface area contributed by atoms with Crippen molar-refractivity contribution in [2.45, 2.75) is 12.0 Å². The van der Waals surface area contributed by atoms with Gasteiger partial charge in [0.25, 0.3) is 0 Å². The van der Waals surface area contributed by atoms with Crippen LogP contribution in [0.25, 0.3) is 11.1 Å². The number of rotatable bonds is 7. The second kappa shape index (κ2) is 7.57. The number of esters is 1. The van der Waals surface area contributed by atoms with Crippen molar-refractivity contribution < 1.29 is 14.3 Å². The molecule has 0 bridgehead atoms. The summed E-state index contributed by atoms with van der Waals surface area (Å²) < 4.78 is 10.8. The highest BCUT2D eigenvalue weighted by Crippen LogP contribution is 2.44. The van der Waals surface area contributed by atoms with Gasteiger partial charge in [0, 0.05) is 19.0 Å². The minimum atomic E-state index is -0.763. The third kappa shape index (κ3) is 3.19. The lowest BCUT2D eigenvalue weighted by Crippen LogP contribution is -2.36. The van der Waals surface area contributed by atoms with Gasteiger partial charge >= 0.3 is 5.97 Å². The fourth-order valence-corrected chi connectivity index (χ4v) is 3.14. The summed E-state index contributed by atoms with van der Waals surface area (Å²) in [5.74, 6) is -0.401. The minimum Gasteiger partial charge on any atom is -0.463 e. The Hall–Kier alpha value is -2.21. The van der Waals surface area contributed by atoms with Crippen LogP contribution in [0.5, 0.6) is 0 Å². The SMILES string of the molecule is NCCOC(CN)C(=O)OCC1c2ccccc2-c2ccccc21. The molecule has 126 valence electrons. The van der Waals surface area contributed by atoms with Gasteiger partial charge in [-0.2, -0.15) is 0 Å². The largest absolute Gasteiger partial charge is 0.463 e. The van der Waals surface area contributed by atoms with Crippen LogP contribution in [0.2, 0.25) is 0 Å². The molecular formula is C19H22N2O3. The predicted molar refractivity (Wildman–Crippen MR) is 92.5 cm³/mol. The van der Waals surface area contributed by atoms with E-state index in [9.17, 15) is 4.79 Å². The fourth-order valence-electron chi connectivity index (χ4n) is 3.14. The zero-order chi connectivity index (χ0) is 16.9. The Kier molecular flexibility index (Phi) is 5.25. The van der Waals surface area contributed by atoms with Crippen LogP contribution in [0.15, 0.2) is 48.5 Å². The highest BCUT2D eigenvalue weighted by atomic mass is 16.6. The molecule has 0 spiro atoms. The van der Waals surface area contributed by atoms with E-state index < -0.39 is 12.1 Å². The molecule has 1 aliphatic carbocycles. The van der Waals surface area contributed by atoms with Gasteiger partial charge in [0.1, 0.15) is 6.61 Å². The van der Waals surface area contributed by atoms with E-state index >= 15 is 0 Å². The van der Waals surface area contributed by atoms with Crippen molar-refractivity contribution in [3.8, 4) is 11.1 Å². The zero-order valence-electron chi connectivity index (χ0n) is 13.5. The third-order valence-electron chi connectivity index (χ3n) is 4.27. The zero-order valence-corrected chi connectivity index (χ0v) is 13.5. The van der Waals surface area contributed by atoms with Crippen LogP contribution in [-0.4, -0.2) is 38.4 Å². The summed E-state index contributed by atoms with van der Waals surface area (Å²) in [4.78, 5) is 12.2. The molecule has 0 heterocycles. The normalized spacial score (nSPS) is 14.1. The summed E-state index contributed by atoms with van der Waals surface area (Å²) in [5.41, 5.74) is 15.7. The van der Waals surface area contributed by atoms with Gasteiger partial charge in [0.05, 0.1) is 6.61 Å². The third-order valence-corrected chi connectivity index (χ3v) is 4.27. The lowest BCUT2D eigenvalue weighted by Gasteiger charge is -2.18. The molecule has 1 unspecified atom stereocenters. The van der Waals surface area contributed by atoms with Crippen molar-refractivity contribution in [3.05, 3.63) is 59.7 Å². The molecule has 0 radical (unpaired) electrons. The molecular weight excluding hydrogens is 304 g/mol. The second-order valence-corrected chi connectivity index (χ2v) is 5.74. The van der Waals surface area contributed by atoms with Gasteiger partial charge in [-0.15, -0.1) is 0 Å². The fraction of sp³-hybridized carbons (Fsp3) is 0.316. The van der Waals surface area contributed by atoms with Crippen LogP contribution >= 0.6 is 0 Å². The molecule has 2 aromatic rings. The maximum Gasteiger partial charge on any atom is 0.336 e. The monoisotopic (exact) mass is 326 g/mol. The predicted octanol–water partition coefficient (Wildman–Crippen LogP) is 1.64. The van der Waals surface area contributed by atoms with Gasteiger partial charge in [0.15, 0.2) is 6.10 Å². The van der Waals surface area contributed by atoms with Gasteiger partial charge in [0.2, 0.25) is 0 Å². The molecule has 5 heteroatoms.